The number of nitrogens with zero attached hydrogens (tertiary/aromatic N) is 2. The van der Waals surface area contributed by atoms with Gasteiger partial charge in [0.15, 0.2) is 0 Å². The summed E-state index contributed by atoms with van der Waals surface area (Å²) in [6.07, 6.45) is 0.707. The van der Waals surface area contributed by atoms with Crippen LogP contribution in [0, 0.1) is 12.8 Å². The molecule has 2 heterocycles. The van der Waals surface area contributed by atoms with E-state index in [-0.39, 0.29) is 30.2 Å². The van der Waals surface area contributed by atoms with Crippen molar-refractivity contribution in [2.75, 3.05) is 44.6 Å². The van der Waals surface area contributed by atoms with Crippen molar-refractivity contribution in [3.63, 3.8) is 0 Å². The minimum absolute atomic E-state index is 0.00836. The van der Waals surface area contributed by atoms with Gasteiger partial charge in [-0.1, -0.05) is 20.8 Å². The van der Waals surface area contributed by atoms with Crippen LogP contribution in [0.4, 0.5) is 5.00 Å². The third kappa shape index (κ3) is 5.32. The molecule has 1 aromatic rings. The molecule has 0 unspecified atom stereocenters. The van der Waals surface area contributed by atoms with Crippen LogP contribution in [-0.2, 0) is 20.7 Å². The Kier molecular flexibility index (Phi) is 8.00. The number of anilines is 1. The number of aryl methyl sites for hydroxylation is 1. The minimum atomic E-state index is -0.389. The van der Waals surface area contributed by atoms with Gasteiger partial charge in [-0.3, -0.25) is 14.5 Å². The number of hydrogen-bond donors (Lipinski definition) is 1. The van der Waals surface area contributed by atoms with Gasteiger partial charge in [0.2, 0.25) is 11.8 Å². The predicted molar refractivity (Wildman–Crippen MR) is 111 cm³/mol. The van der Waals surface area contributed by atoms with E-state index in [9.17, 15) is 14.4 Å². The largest absolute Gasteiger partial charge is 0.462 e. The van der Waals surface area contributed by atoms with Crippen molar-refractivity contribution in [2.24, 2.45) is 5.92 Å². The Balaban J connectivity index is 1.99. The van der Waals surface area contributed by atoms with E-state index in [4.69, 9.17) is 4.74 Å². The number of amides is 2. The summed E-state index contributed by atoms with van der Waals surface area (Å²) in [5.74, 6) is -0.395. The number of rotatable bonds is 7. The maximum absolute atomic E-state index is 12.6. The fourth-order valence-corrected chi connectivity index (χ4v) is 4.52. The fraction of sp³-hybridized carbons (Fsp3) is 0.650. The average Bonchev–Trinajstić information content (AvgIpc) is 2.96. The Morgan fingerprint density at radius 2 is 1.79 bits per heavy atom. The second-order valence-electron chi connectivity index (χ2n) is 7.22. The quantitative estimate of drug-likeness (QED) is 0.700. The zero-order valence-electron chi connectivity index (χ0n) is 17.5. The van der Waals surface area contributed by atoms with Crippen LogP contribution < -0.4 is 5.32 Å². The van der Waals surface area contributed by atoms with E-state index in [1.165, 1.54) is 11.3 Å². The van der Waals surface area contributed by atoms with E-state index in [1.54, 1.807) is 6.92 Å². The second-order valence-corrected chi connectivity index (χ2v) is 8.44. The standard InChI is InChI=1S/C20H31N3O4S/c1-6-15-14(5)28-18(17(15)20(26)27-7-2)21-16(24)12-22-8-10-23(11-9-22)19(25)13(3)4/h13H,6-12H2,1-5H3,(H,21,24). The summed E-state index contributed by atoms with van der Waals surface area (Å²) in [5, 5.41) is 3.46. The Labute approximate surface area is 171 Å². The average molecular weight is 410 g/mol. The molecule has 1 aliphatic heterocycles. The molecule has 156 valence electrons. The first-order valence-electron chi connectivity index (χ1n) is 9.88. The molecule has 0 aromatic carbocycles. The molecule has 1 fully saturated rings. The molecule has 2 rings (SSSR count). The molecule has 0 atom stereocenters. The fourth-order valence-electron chi connectivity index (χ4n) is 3.37. The summed E-state index contributed by atoms with van der Waals surface area (Å²) >= 11 is 1.41. The molecule has 7 nitrogen and oxygen atoms in total. The highest BCUT2D eigenvalue weighted by atomic mass is 32.1. The van der Waals surface area contributed by atoms with E-state index < -0.39 is 0 Å². The van der Waals surface area contributed by atoms with E-state index in [1.807, 2.05) is 37.5 Å². The van der Waals surface area contributed by atoms with Gasteiger partial charge in [0.1, 0.15) is 5.00 Å². The van der Waals surface area contributed by atoms with Gasteiger partial charge in [-0.05, 0) is 25.8 Å². The van der Waals surface area contributed by atoms with Crippen molar-refractivity contribution in [2.45, 2.75) is 41.0 Å². The van der Waals surface area contributed by atoms with Gasteiger partial charge in [-0.2, -0.15) is 0 Å². The van der Waals surface area contributed by atoms with E-state index in [0.29, 0.717) is 49.8 Å². The summed E-state index contributed by atoms with van der Waals surface area (Å²) in [6.45, 7) is 12.6. The van der Waals surface area contributed by atoms with Crippen LogP contribution >= 0.6 is 11.3 Å². The molecule has 0 aliphatic carbocycles. The van der Waals surface area contributed by atoms with Crippen molar-refractivity contribution in [1.29, 1.82) is 0 Å². The Morgan fingerprint density at radius 3 is 2.32 bits per heavy atom. The molecule has 1 N–H and O–H groups in total. The third-order valence-electron chi connectivity index (χ3n) is 4.84. The zero-order valence-corrected chi connectivity index (χ0v) is 18.3. The molecule has 28 heavy (non-hydrogen) atoms. The zero-order chi connectivity index (χ0) is 20.8. The Hall–Kier alpha value is -1.93. The number of ether oxygens (including phenoxy) is 1. The summed E-state index contributed by atoms with van der Waals surface area (Å²) in [5.41, 5.74) is 1.41. The smallest absolute Gasteiger partial charge is 0.341 e. The van der Waals surface area contributed by atoms with Crippen molar-refractivity contribution in [1.82, 2.24) is 9.80 Å². The Morgan fingerprint density at radius 1 is 1.14 bits per heavy atom. The highest BCUT2D eigenvalue weighted by molar-refractivity contribution is 7.16. The first-order valence-corrected chi connectivity index (χ1v) is 10.7. The molecule has 8 heteroatoms. The molecule has 2 amide bonds. The molecule has 1 aromatic heterocycles. The maximum atomic E-state index is 12.6. The summed E-state index contributed by atoms with van der Waals surface area (Å²) in [4.78, 5) is 41.9. The number of thiophene rings is 1. The van der Waals surface area contributed by atoms with Gasteiger partial charge in [-0.15, -0.1) is 11.3 Å². The number of piperazine rings is 1. The van der Waals surface area contributed by atoms with Gasteiger partial charge in [-0.25, -0.2) is 4.79 Å². The molecule has 0 bridgehead atoms. The SMILES string of the molecule is CCOC(=O)c1c(NC(=O)CN2CCN(C(=O)C(C)C)CC2)sc(C)c1CC. The van der Waals surface area contributed by atoms with Gasteiger partial charge in [0, 0.05) is 37.0 Å². The van der Waals surface area contributed by atoms with E-state index in [0.717, 1.165) is 10.4 Å². The summed E-state index contributed by atoms with van der Waals surface area (Å²) in [6, 6.07) is 0. The van der Waals surface area contributed by atoms with Crippen LogP contribution in [0.3, 0.4) is 0 Å². The molecule has 0 saturated carbocycles. The number of esters is 1. The van der Waals surface area contributed by atoms with Crippen molar-refractivity contribution >= 4 is 34.1 Å². The van der Waals surface area contributed by atoms with Gasteiger partial charge < -0.3 is 15.0 Å². The number of hydrogen-bond acceptors (Lipinski definition) is 6. The Bertz CT molecular complexity index is 721. The lowest BCUT2D eigenvalue weighted by atomic mass is 10.1. The first-order chi connectivity index (χ1) is 13.3. The highest BCUT2D eigenvalue weighted by Gasteiger charge is 2.26. The van der Waals surface area contributed by atoms with Crippen LogP contribution in [0.5, 0.6) is 0 Å². The van der Waals surface area contributed by atoms with Crippen molar-refractivity contribution < 1.29 is 19.1 Å². The molecular weight excluding hydrogens is 378 g/mol. The lowest BCUT2D eigenvalue weighted by Gasteiger charge is -2.35. The number of nitrogens with one attached hydrogen (secondary N) is 1. The highest BCUT2D eigenvalue weighted by Crippen LogP contribution is 2.34. The van der Waals surface area contributed by atoms with Crippen molar-refractivity contribution in [3.8, 4) is 0 Å². The first kappa shape index (κ1) is 22.4. The predicted octanol–water partition coefficient (Wildman–Crippen LogP) is 2.53. The molecule has 1 aliphatic rings. The second kappa shape index (κ2) is 10.0. The molecular formula is C20H31N3O4S. The molecule has 1 saturated heterocycles. The minimum Gasteiger partial charge on any atom is -0.462 e. The van der Waals surface area contributed by atoms with Crippen LogP contribution in [0.25, 0.3) is 0 Å². The van der Waals surface area contributed by atoms with Crippen LogP contribution in [0.2, 0.25) is 0 Å². The van der Waals surface area contributed by atoms with Crippen LogP contribution in [0.15, 0.2) is 0 Å². The number of carbonyl (C=O) groups excluding carboxylic acids is 3. The normalized spacial score (nSPS) is 15.0. The van der Waals surface area contributed by atoms with Crippen LogP contribution in [-0.4, -0.2) is 66.9 Å². The van der Waals surface area contributed by atoms with Gasteiger partial charge in [0.05, 0.1) is 18.7 Å². The third-order valence-corrected chi connectivity index (χ3v) is 5.90. The van der Waals surface area contributed by atoms with Gasteiger partial charge >= 0.3 is 5.97 Å². The summed E-state index contributed by atoms with van der Waals surface area (Å²) in [7, 11) is 0. The van der Waals surface area contributed by atoms with Gasteiger partial charge in [0.25, 0.3) is 0 Å². The summed E-state index contributed by atoms with van der Waals surface area (Å²) < 4.78 is 5.18. The van der Waals surface area contributed by atoms with Crippen molar-refractivity contribution in [3.05, 3.63) is 16.0 Å². The lowest BCUT2D eigenvalue weighted by molar-refractivity contribution is -0.136. The maximum Gasteiger partial charge on any atom is 0.341 e. The topological polar surface area (TPSA) is 79.0 Å². The van der Waals surface area contributed by atoms with E-state index >= 15 is 0 Å². The molecule has 0 radical (unpaired) electrons. The number of carbonyl (C=O) groups is 3. The lowest BCUT2D eigenvalue weighted by Crippen LogP contribution is -2.51. The van der Waals surface area contributed by atoms with Crippen LogP contribution in [0.1, 0.15) is 48.5 Å². The van der Waals surface area contributed by atoms with E-state index in [2.05, 4.69) is 5.32 Å². The molecule has 0 spiro atoms. The monoisotopic (exact) mass is 409 g/mol.